The monoisotopic (exact) mass is 221 g/mol. The van der Waals surface area contributed by atoms with Gasteiger partial charge in [-0.15, -0.1) is 0 Å². The predicted octanol–water partition coefficient (Wildman–Crippen LogP) is 2.70. The van der Waals surface area contributed by atoms with Gasteiger partial charge in [-0.05, 0) is 62.5 Å². The van der Waals surface area contributed by atoms with E-state index in [4.69, 9.17) is 4.74 Å². The Bertz CT molecular complexity index is 286. The summed E-state index contributed by atoms with van der Waals surface area (Å²) in [5.41, 5.74) is 1.52. The van der Waals surface area contributed by atoms with E-state index in [1.807, 2.05) is 6.26 Å². The summed E-state index contributed by atoms with van der Waals surface area (Å²) < 4.78 is 5.50. The molecule has 90 valence electrons. The molecule has 2 aliphatic carbocycles. The third-order valence-corrected chi connectivity index (χ3v) is 4.89. The van der Waals surface area contributed by atoms with E-state index in [1.54, 1.807) is 0 Å². The minimum atomic E-state index is 0.593. The smallest absolute Gasteiger partial charge is 0.0876 e. The molecule has 2 saturated carbocycles. The van der Waals surface area contributed by atoms with Crippen LogP contribution in [0.2, 0.25) is 0 Å². The highest BCUT2D eigenvalue weighted by molar-refractivity contribution is 5.14. The van der Waals surface area contributed by atoms with Gasteiger partial charge >= 0.3 is 0 Å². The van der Waals surface area contributed by atoms with Crippen molar-refractivity contribution in [2.75, 3.05) is 13.7 Å². The molecule has 0 aromatic rings. The van der Waals surface area contributed by atoms with E-state index in [2.05, 4.69) is 12.4 Å². The summed E-state index contributed by atoms with van der Waals surface area (Å²) in [6, 6.07) is 0.593. The van der Waals surface area contributed by atoms with Gasteiger partial charge in [-0.2, -0.15) is 0 Å². The quantitative estimate of drug-likeness (QED) is 0.791. The van der Waals surface area contributed by atoms with Crippen LogP contribution in [0.3, 0.4) is 0 Å². The van der Waals surface area contributed by atoms with Crippen LogP contribution in [0.4, 0.5) is 0 Å². The zero-order chi connectivity index (χ0) is 11.0. The molecule has 2 bridgehead atoms. The first-order valence-electron chi connectivity index (χ1n) is 6.86. The van der Waals surface area contributed by atoms with Gasteiger partial charge in [0.15, 0.2) is 0 Å². The van der Waals surface area contributed by atoms with E-state index in [0.29, 0.717) is 6.04 Å². The maximum atomic E-state index is 5.50. The number of fused-ring (bicyclic) bond motifs is 2. The van der Waals surface area contributed by atoms with E-state index >= 15 is 0 Å². The first-order valence-corrected chi connectivity index (χ1v) is 6.86. The van der Waals surface area contributed by atoms with Crippen LogP contribution < -0.4 is 5.32 Å². The van der Waals surface area contributed by atoms with Gasteiger partial charge in [-0.25, -0.2) is 0 Å². The SMILES string of the molecule is CNC(C1=COCCC1)C1CC2CCC1C2. The van der Waals surface area contributed by atoms with Crippen molar-refractivity contribution >= 4 is 0 Å². The van der Waals surface area contributed by atoms with Gasteiger partial charge in [0.05, 0.1) is 12.9 Å². The molecule has 0 aromatic heterocycles. The molecule has 1 aliphatic heterocycles. The van der Waals surface area contributed by atoms with Crippen molar-refractivity contribution in [3.8, 4) is 0 Å². The Balaban J connectivity index is 1.73. The topological polar surface area (TPSA) is 21.3 Å². The molecule has 0 saturated heterocycles. The summed E-state index contributed by atoms with van der Waals surface area (Å²) in [5.74, 6) is 2.91. The fourth-order valence-corrected chi connectivity index (χ4v) is 4.19. The van der Waals surface area contributed by atoms with Crippen molar-refractivity contribution in [1.82, 2.24) is 5.32 Å². The molecule has 2 heteroatoms. The zero-order valence-electron chi connectivity index (χ0n) is 10.2. The molecule has 0 amide bonds. The molecule has 3 aliphatic rings. The predicted molar refractivity (Wildman–Crippen MR) is 65.1 cm³/mol. The molecule has 3 rings (SSSR count). The van der Waals surface area contributed by atoms with Crippen LogP contribution in [-0.2, 0) is 4.74 Å². The first-order chi connectivity index (χ1) is 7.88. The van der Waals surface area contributed by atoms with Crippen LogP contribution in [0.1, 0.15) is 38.5 Å². The highest BCUT2D eigenvalue weighted by atomic mass is 16.5. The zero-order valence-corrected chi connectivity index (χ0v) is 10.2. The molecule has 4 atom stereocenters. The third-order valence-electron chi connectivity index (χ3n) is 4.89. The lowest BCUT2D eigenvalue weighted by atomic mass is 9.79. The number of likely N-dealkylation sites (N-methyl/N-ethyl adjacent to an activating group) is 1. The molecule has 0 aromatic carbocycles. The van der Waals surface area contributed by atoms with Crippen LogP contribution in [-0.4, -0.2) is 19.7 Å². The largest absolute Gasteiger partial charge is 0.501 e. The van der Waals surface area contributed by atoms with E-state index in [1.165, 1.54) is 44.1 Å². The second kappa shape index (κ2) is 4.40. The normalized spacial score (nSPS) is 39.3. The molecule has 4 unspecified atom stereocenters. The van der Waals surface area contributed by atoms with Gasteiger partial charge in [-0.1, -0.05) is 6.42 Å². The number of hydrogen-bond donors (Lipinski definition) is 1. The van der Waals surface area contributed by atoms with E-state index in [-0.39, 0.29) is 0 Å². The maximum Gasteiger partial charge on any atom is 0.0876 e. The van der Waals surface area contributed by atoms with Crippen LogP contribution in [0.15, 0.2) is 11.8 Å². The van der Waals surface area contributed by atoms with Gasteiger partial charge in [0.25, 0.3) is 0 Å². The van der Waals surface area contributed by atoms with Gasteiger partial charge in [0.1, 0.15) is 0 Å². The molecule has 1 heterocycles. The molecule has 2 fully saturated rings. The summed E-state index contributed by atoms with van der Waals surface area (Å²) >= 11 is 0. The number of ether oxygens (including phenoxy) is 1. The number of nitrogens with one attached hydrogen (secondary N) is 1. The first kappa shape index (κ1) is 10.6. The van der Waals surface area contributed by atoms with Crippen molar-refractivity contribution in [3.63, 3.8) is 0 Å². The highest BCUT2D eigenvalue weighted by Crippen LogP contribution is 2.50. The Labute approximate surface area is 98.4 Å². The molecule has 2 nitrogen and oxygen atoms in total. The van der Waals surface area contributed by atoms with Gasteiger partial charge in [0.2, 0.25) is 0 Å². The lowest BCUT2D eigenvalue weighted by Crippen LogP contribution is -2.38. The molecule has 0 radical (unpaired) electrons. The fourth-order valence-electron chi connectivity index (χ4n) is 4.19. The average Bonchev–Trinajstić information content (AvgIpc) is 2.94. The standard InChI is InChI=1S/C14H23NO/c1-15-14(12-3-2-6-16-9-12)13-8-10-4-5-11(13)7-10/h9-11,13-15H,2-8H2,1H3. The lowest BCUT2D eigenvalue weighted by Gasteiger charge is -2.33. The summed E-state index contributed by atoms with van der Waals surface area (Å²) in [5, 5.41) is 3.55. The van der Waals surface area contributed by atoms with E-state index in [0.717, 1.165) is 24.4 Å². The third kappa shape index (κ3) is 1.77. The van der Waals surface area contributed by atoms with Gasteiger partial charge < -0.3 is 10.1 Å². The van der Waals surface area contributed by atoms with Crippen LogP contribution >= 0.6 is 0 Å². The Morgan fingerprint density at radius 2 is 2.31 bits per heavy atom. The van der Waals surface area contributed by atoms with Crippen LogP contribution in [0, 0.1) is 17.8 Å². The lowest BCUT2D eigenvalue weighted by molar-refractivity contribution is 0.205. The summed E-state index contributed by atoms with van der Waals surface area (Å²) in [7, 11) is 2.12. The maximum absolute atomic E-state index is 5.50. The molecule has 1 N–H and O–H groups in total. The summed E-state index contributed by atoms with van der Waals surface area (Å²) in [4.78, 5) is 0. The van der Waals surface area contributed by atoms with Crippen molar-refractivity contribution in [3.05, 3.63) is 11.8 Å². The molecular weight excluding hydrogens is 198 g/mol. The van der Waals surface area contributed by atoms with Crippen molar-refractivity contribution < 1.29 is 4.74 Å². The highest BCUT2D eigenvalue weighted by Gasteiger charge is 2.43. The molecule has 0 spiro atoms. The average molecular weight is 221 g/mol. The number of hydrogen-bond acceptors (Lipinski definition) is 2. The van der Waals surface area contributed by atoms with Crippen molar-refractivity contribution in [2.24, 2.45) is 17.8 Å². The van der Waals surface area contributed by atoms with Crippen molar-refractivity contribution in [1.29, 1.82) is 0 Å². The second-order valence-electron chi connectivity index (χ2n) is 5.77. The molecular formula is C14H23NO. The Kier molecular flexibility index (Phi) is 2.93. The minimum absolute atomic E-state index is 0.593. The molecule has 16 heavy (non-hydrogen) atoms. The Morgan fingerprint density at radius 1 is 1.38 bits per heavy atom. The van der Waals surface area contributed by atoms with E-state index < -0.39 is 0 Å². The van der Waals surface area contributed by atoms with Gasteiger partial charge in [-0.3, -0.25) is 0 Å². The summed E-state index contributed by atoms with van der Waals surface area (Å²) in [6.07, 6.45) is 10.4. The Morgan fingerprint density at radius 3 is 2.88 bits per heavy atom. The van der Waals surface area contributed by atoms with Crippen molar-refractivity contribution in [2.45, 2.75) is 44.6 Å². The number of rotatable bonds is 3. The van der Waals surface area contributed by atoms with E-state index in [9.17, 15) is 0 Å². The van der Waals surface area contributed by atoms with Crippen LogP contribution in [0.25, 0.3) is 0 Å². The van der Waals surface area contributed by atoms with Gasteiger partial charge in [0, 0.05) is 6.04 Å². The minimum Gasteiger partial charge on any atom is -0.501 e. The summed E-state index contributed by atoms with van der Waals surface area (Å²) in [6.45, 7) is 0.913. The second-order valence-corrected chi connectivity index (χ2v) is 5.77. The Hall–Kier alpha value is -0.500. The fraction of sp³-hybridized carbons (Fsp3) is 0.857. The van der Waals surface area contributed by atoms with Crippen LogP contribution in [0.5, 0.6) is 0 Å².